The number of nitrogens with one attached hydrogen (secondary N) is 1. The number of piperidine rings is 1. The zero-order valence-electron chi connectivity index (χ0n) is 11.4. The summed E-state index contributed by atoms with van der Waals surface area (Å²) in [6, 6.07) is 7.21. The fourth-order valence-electron chi connectivity index (χ4n) is 3.34. The number of anilines is 1. The lowest BCUT2D eigenvalue weighted by Crippen LogP contribution is -2.27. The van der Waals surface area contributed by atoms with Gasteiger partial charge in [-0.2, -0.15) is 0 Å². The highest BCUT2D eigenvalue weighted by Gasteiger charge is 2.18. The topological polar surface area (TPSA) is 15.3 Å². The third kappa shape index (κ3) is 2.54. The van der Waals surface area contributed by atoms with Gasteiger partial charge in [0.25, 0.3) is 0 Å². The quantitative estimate of drug-likeness (QED) is 0.860. The summed E-state index contributed by atoms with van der Waals surface area (Å²) in [5, 5.41) is 3.46. The summed E-state index contributed by atoms with van der Waals surface area (Å²) in [6.45, 7) is 7.09. The Morgan fingerprint density at radius 3 is 2.50 bits per heavy atom. The lowest BCUT2D eigenvalue weighted by atomic mass is 9.89. The maximum Gasteiger partial charge on any atom is 0.0371 e. The van der Waals surface area contributed by atoms with Crippen molar-refractivity contribution in [1.82, 2.24) is 5.32 Å². The number of hydrogen-bond acceptors (Lipinski definition) is 2. The standard InChI is InChI=1S/C16H24N2/c1-13-10-15(14-4-6-17-7-5-14)12-16(11-13)18-8-2-3-9-18/h10-12,14,17H,2-9H2,1H3. The maximum absolute atomic E-state index is 3.46. The summed E-state index contributed by atoms with van der Waals surface area (Å²) < 4.78 is 0. The van der Waals surface area contributed by atoms with Gasteiger partial charge in [0, 0.05) is 18.8 Å². The van der Waals surface area contributed by atoms with Crippen LogP contribution in [0.4, 0.5) is 5.69 Å². The van der Waals surface area contributed by atoms with Crippen LogP contribution in [0.2, 0.25) is 0 Å². The number of nitrogens with zero attached hydrogens (tertiary/aromatic N) is 1. The minimum atomic E-state index is 0.771. The van der Waals surface area contributed by atoms with Crippen LogP contribution in [0.1, 0.15) is 42.7 Å². The highest BCUT2D eigenvalue weighted by atomic mass is 15.1. The molecule has 0 aromatic heterocycles. The fraction of sp³-hybridized carbons (Fsp3) is 0.625. The van der Waals surface area contributed by atoms with Gasteiger partial charge in [-0.1, -0.05) is 6.07 Å². The molecule has 0 atom stereocenters. The first-order valence-electron chi connectivity index (χ1n) is 7.40. The third-order valence-electron chi connectivity index (χ3n) is 4.37. The molecule has 98 valence electrons. The van der Waals surface area contributed by atoms with Crippen molar-refractivity contribution in [2.24, 2.45) is 0 Å². The Bertz CT molecular complexity index is 402. The maximum atomic E-state index is 3.46. The van der Waals surface area contributed by atoms with Gasteiger partial charge in [0.15, 0.2) is 0 Å². The summed E-state index contributed by atoms with van der Waals surface area (Å²) in [7, 11) is 0. The van der Waals surface area contributed by atoms with Gasteiger partial charge >= 0.3 is 0 Å². The van der Waals surface area contributed by atoms with E-state index in [0.717, 1.165) is 5.92 Å². The minimum Gasteiger partial charge on any atom is -0.372 e. The molecule has 0 unspecified atom stereocenters. The van der Waals surface area contributed by atoms with Crippen LogP contribution in [0.15, 0.2) is 18.2 Å². The highest BCUT2D eigenvalue weighted by Crippen LogP contribution is 2.30. The van der Waals surface area contributed by atoms with E-state index in [0.29, 0.717) is 0 Å². The molecule has 2 heterocycles. The summed E-state index contributed by atoms with van der Waals surface area (Å²) in [4.78, 5) is 2.55. The van der Waals surface area contributed by atoms with E-state index in [4.69, 9.17) is 0 Å². The first-order chi connectivity index (χ1) is 8.83. The molecule has 2 saturated heterocycles. The van der Waals surface area contributed by atoms with E-state index in [1.54, 1.807) is 5.56 Å². The Balaban J connectivity index is 1.84. The molecule has 1 aromatic carbocycles. The Morgan fingerprint density at radius 2 is 1.78 bits per heavy atom. The lowest BCUT2D eigenvalue weighted by Gasteiger charge is -2.26. The molecule has 0 aliphatic carbocycles. The van der Waals surface area contributed by atoms with E-state index in [1.165, 1.54) is 63.1 Å². The van der Waals surface area contributed by atoms with Gasteiger partial charge in [0.05, 0.1) is 0 Å². The van der Waals surface area contributed by atoms with Gasteiger partial charge in [-0.3, -0.25) is 0 Å². The molecule has 2 aliphatic heterocycles. The molecule has 2 aliphatic rings. The van der Waals surface area contributed by atoms with Gasteiger partial charge in [0.1, 0.15) is 0 Å². The van der Waals surface area contributed by atoms with Crippen LogP contribution in [0.3, 0.4) is 0 Å². The van der Waals surface area contributed by atoms with Crippen molar-refractivity contribution in [2.75, 3.05) is 31.1 Å². The van der Waals surface area contributed by atoms with Crippen molar-refractivity contribution in [2.45, 2.75) is 38.5 Å². The number of benzene rings is 1. The molecule has 1 aromatic rings. The van der Waals surface area contributed by atoms with Gasteiger partial charge in [-0.25, -0.2) is 0 Å². The third-order valence-corrected chi connectivity index (χ3v) is 4.37. The average molecular weight is 244 g/mol. The van der Waals surface area contributed by atoms with Gasteiger partial charge in [0.2, 0.25) is 0 Å². The smallest absolute Gasteiger partial charge is 0.0371 e. The molecular weight excluding hydrogens is 220 g/mol. The Hall–Kier alpha value is -1.02. The zero-order valence-corrected chi connectivity index (χ0v) is 11.4. The SMILES string of the molecule is Cc1cc(C2CCNCC2)cc(N2CCCC2)c1. The summed E-state index contributed by atoms with van der Waals surface area (Å²) >= 11 is 0. The molecule has 2 fully saturated rings. The van der Waals surface area contributed by atoms with Crippen molar-refractivity contribution < 1.29 is 0 Å². The van der Waals surface area contributed by atoms with Crippen LogP contribution >= 0.6 is 0 Å². The summed E-state index contributed by atoms with van der Waals surface area (Å²) in [5.41, 5.74) is 4.45. The number of hydrogen-bond donors (Lipinski definition) is 1. The van der Waals surface area contributed by atoms with Crippen molar-refractivity contribution in [3.8, 4) is 0 Å². The molecule has 18 heavy (non-hydrogen) atoms. The molecule has 0 amide bonds. The van der Waals surface area contributed by atoms with Crippen LogP contribution in [-0.4, -0.2) is 26.2 Å². The molecular formula is C16H24N2. The van der Waals surface area contributed by atoms with Crippen LogP contribution in [0.5, 0.6) is 0 Å². The average Bonchev–Trinajstić information content (AvgIpc) is 2.93. The van der Waals surface area contributed by atoms with Crippen LogP contribution in [0.25, 0.3) is 0 Å². The molecule has 0 saturated carbocycles. The normalized spacial score (nSPS) is 21.5. The van der Waals surface area contributed by atoms with Crippen molar-refractivity contribution in [3.63, 3.8) is 0 Å². The van der Waals surface area contributed by atoms with Crippen LogP contribution in [-0.2, 0) is 0 Å². The summed E-state index contributed by atoms with van der Waals surface area (Å²) in [5.74, 6) is 0.771. The molecule has 2 heteroatoms. The number of aryl methyl sites for hydroxylation is 1. The second-order valence-corrected chi connectivity index (χ2v) is 5.82. The second-order valence-electron chi connectivity index (χ2n) is 5.82. The second kappa shape index (κ2) is 5.31. The van der Waals surface area contributed by atoms with E-state index in [9.17, 15) is 0 Å². The van der Waals surface area contributed by atoms with Crippen molar-refractivity contribution in [3.05, 3.63) is 29.3 Å². The van der Waals surface area contributed by atoms with Crippen LogP contribution in [0, 0.1) is 6.92 Å². The molecule has 1 N–H and O–H groups in total. The monoisotopic (exact) mass is 244 g/mol. The van der Waals surface area contributed by atoms with E-state index in [-0.39, 0.29) is 0 Å². The van der Waals surface area contributed by atoms with Gasteiger partial charge in [-0.15, -0.1) is 0 Å². The number of rotatable bonds is 2. The molecule has 0 radical (unpaired) electrons. The van der Waals surface area contributed by atoms with Gasteiger partial charge < -0.3 is 10.2 Å². The Kier molecular flexibility index (Phi) is 3.55. The predicted molar refractivity (Wildman–Crippen MR) is 77.5 cm³/mol. The van der Waals surface area contributed by atoms with Crippen molar-refractivity contribution in [1.29, 1.82) is 0 Å². The largest absolute Gasteiger partial charge is 0.372 e. The van der Waals surface area contributed by atoms with E-state index >= 15 is 0 Å². The van der Waals surface area contributed by atoms with E-state index < -0.39 is 0 Å². The first-order valence-corrected chi connectivity index (χ1v) is 7.40. The van der Waals surface area contributed by atoms with Gasteiger partial charge in [-0.05, 0) is 74.9 Å². The Morgan fingerprint density at radius 1 is 1.06 bits per heavy atom. The highest BCUT2D eigenvalue weighted by molar-refractivity contribution is 5.52. The predicted octanol–water partition coefficient (Wildman–Crippen LogP) is 3.06. The summed E-state index contributed by atoms with van der Waals surface area (Å²) in [6.07, 6.45) is 5.30. The molecule has 0 spiro atoms. The molecule has 0 bridgehead atoms. The van der Waals surface area contributed by atoms with Crippen molar-refractivity contribution >= 4 is 5.69 Å². The lowest BCUT2D eigenvalue weighted by molar-refractivity contribution is 0.460. The van der Waals surface area contributed by atoms with Crippen LogP contribution < -0.4 is 10.2 Å². The molecule has 3 rings (SSSR count). The first kappa shape index (κ1) is 12.0. The van der Waals surface area contributed by atoms with E-state index in [2.05, 4.69) is 35.3 Å². The minimum absolute atomic E-state index is 0.771. The fourth-order valence-corrected chi connectivity index (χ4v) is 3.34. The Labute approximate surface area is 110 Å². The zero-order chi connectivity index (χ0) is 12.4. The van der Waals surface area contributed by atoms with E-state index in [1.807, 2.05) is 0 Å². The molecule has 2 nitrogen and oxygen atoms in total.